The lowest BCUT2D eigenvalue weighted by atomic mass is 10.1. The lowest BCUT2D eigenvalue weighted by Gasteiger charge is -2.27. The van der Waals surface area contributed by atoms with Crippen molar-refractivity contribution in [2.45, 2.75) is 26.8 Å². The zero-order valence-corrected chi connectivity index (χ0v) is 12.9. The highest BCUT2D eigenvalue weighted by Gasteiger charge is 2.12. The average molecular weight is 279 g/mol. The summed E-state index contributed by atoms with van der Waals surface area (Å²) in [6, 6.07) is 7.72. The lowest BCUT2D eigenvalue weighted by molar-refractivity contribution is 0.0913. The molecule has 0 aliphatic carbocycles. The standard InChI is InChI=1S/C16H25NO3/c1-5-17(13(2)12-19-4)10-11-20-16-9-7-6-8-15(16)14(3)18/h6-9,13H,5,10-12H2,1-4H3. The molecule has 4 nitrogen and oxygen atoms in total. The van der Waals surface area contributed by atoms with Crippen LogP contribution in [-0.2, 0) is 4.74 Å². The zero-order valence-electron chi connectivity index (χ0n) is 12.9. The van der Waals surface area contributed by atoms with E-state index in [-0.39, 0.29) is 5.78 Å². The van der Waals surface area contributed by atoms with E-state index in [0.717, 1.165) is 13.1 Å². The first-order valence-corrected chi connectivity index (χ1v) is 7.05. The Morgan fingerprint density at radius 1 is 1.35 bits per heavy atom. The summed E-state index contributed by atoms with van der Waals surface area (Å²) in [5.74, 6) is 0.691. The Bertz CT molecular complexity index is 420. The maximum atomic E-state index is 11.5. The van der Waals surface area contributed by atoms with Crippen LogP contribution in [0.1, 0.15) is 31.1 Å². The molecule has 1 rings (SSSR count). The molecule has 1 atom stereocenters. The fourth-order valence-electron chi connectivity index (χ4n) is 2.19. The van der Waals surface area contributed by atoms with Crippen LogP contribution < -0.4 is 4.74 Å². The number of carbonyl (C=O) groups excluding carboxylic acids is 1. The number of carbonyl (C=O) groups is 1. The molecular formula is C16H25NO3. The molecule has 0 saturated carbocycles. The quantitative estimate of drug-likeness (QED) is 0.651. The summed E-state index contributed by atoms with van der Waals surface area (Å²) in [6.45, 7) is 8.84. The van der Waals surface area contributed by atoms with E-state index in [1.807, 2.05) is 18.2 Å². The van der Waals surface area contributed by atoms with Gasteiger partial charge in [-0.15, -0.1) is 0 Å². The first-order valence-electron chi connectivity index (χ1n) is 7.05. The molecule has 0 amide bonds. The summed E-state index contributed by atoms with van der Waals surface area (Å²) >= 11 is 0. The second kappa shape index (κ2) is 8.72. The first kappa shape index (κ1) is 16.7. The Morgan fingerprint density at radius 3 is 2.65 bits per heavy atom. The van der Waals surface area contributed by atoms with E-state index in [4.69, 9.17) is 9.47 Å². The number of hydrogen-bond acceptors (Lipinski definition) is 4. The summed E-state index contributed by atoms with van der Waals surface area (Å²) in [7, 11) is 1.71. The van der Waals surface area contributed by atoms with E-state index >= 15 is 0 Å². The van der Waals surface area contributed by atoms with Gasteiger partial charge >= 0.3 is 0 Å². The van der Waals surface area contributed by atoms with Crippen molar-refractivity contribution in [2.75, 3.05) is 33.4 Å². The molecule has 0 bridgehead atoms. The number of ether oxygens (including phenoxy) is 2. The number of likely N-dealkylation sites (N-methyl/N-ethyl adjacent to an activating group) is 1. The highest BCUT2D eigenvalue weighted by molar-refractivity contribution is 5.96. The molecule has 0 fully saturated rings. The van der Waals surface area contributed by atoms with Crippen molar-refractivity contribution in [1.82, 2.24) is 4.90 Å². The molecule has 112 valence electrons. The summed E-state index contributed by atoms with van der Waals surface area (Å²) in [4.78, 5) is 13.8. The third kappa shape index (κ3) is 4.94. The third-order valence-electron chi connectivity index (χ3n) is 3.34. The third-order valence-corrected chi connectivity index (χ3v) is 3.34. The van der Waals surface area contributed by atoms with Gasteiger partial charge in [-0.3, -0.25) is 9.69 Å². The highest BCUT2D eigenvalue weighted by Crippen LogP contribution is 2.18. The SMILES string of the molecule is CCN(CCOc1ccccc1C(C)=O)C(C)COC. The van der Waals surface area contributed by atoms with Crippen LogP contribution in [0, 0.1) is 0 Å². The number of rotatable bonds is 9. The Kier molecular flexibility index (Phi) is 7.26. The van der Waals surface area contributed by atoms with Crippen molar-refractivity contribution in [2.24, 2.45) is 0 Å². The van der Waals surface area contributed by atoms with Crippen molar-refractivity contribution in [3.63, 3.8) is 0 Å². The monoisotopic (exact) mass is 279 g/mol. The maximum absolute atomic E-state index is 11.5. The minimum atomic E-state index is 0.0284. The molecule has 4 heteroatoms. The van der Waals surface area contributed by atoms with Crippen molar-refractivity contribution in [3.8, 4) is 5.75 Å². The predicted molar refractivity (Wildman–Crippen MR) is 80.5 cm³/mol. The van der Waals surface area contributed by atoms with Gasteiger partial charge in [-0.25, -0.2) is 0 Å². The van der Waals surface area contributed by atoms with Gasteiger partial charge < -0.3 is 9.47 Å². The van der Waals surface area contributed by atoms with Gasteiger partial charge in [-0.05, 0) is 32.5 Å². The molecule has 20 heavy (non-hydrogen) atoms. The predicted octanol–water partition coefficient (Wildman–Crippen LogP) is 2.62. The van der Waals surface area contributed by atoms with Crippen LogP contribution in [0.3, 0.4) is 0 Å². The summed E-state index contributed by atoms with van der Waals surface area (Å²) in [5, 5.41) is 0. The fraction of sp³-hybridized carbons (Fsp3) is 0.562. The Morgan fingerprint density at radius 2 is 2.05 bits per heavy atom. The number of benzene rings is 1. The summed E-state index contributed by atoms with van der Waals surface area (Å²) in [5.41, 5.74) is 0.639. The van der Waals surface area contributed by atoms with Crippen molar-refractivity contribution >= 4 is 5.78 Å². The molecule has 1 unspecified atom stereocenters. The normalized spacial score (nSPS) is 12.4. The number of para-hydroxylation sites is 1. The van der Waals surface area contributed by atoms with Crippen LogP contribution in [0.2, 0.25) is 0 Å². The number of ketones is 1. The average Bonchev–Trinajstić information content (AvgIpc) is 2.44. The van der Waals surface area contributed by atoms with E-state index in [9.17, 15) is 4.79 Å². The van der Waals surface area contributed by atoms with E-state index in [0.29, 0.717) is 30.6 Å². The van der Waals surface area contributed by atoms with Gasteiger partial charge in [0.1, 0.15) is 12.4 Å². The van der Waals surface area contributed by atoms with E-state index in [1.54, 1.807) is 20.1 Å². The molecule has 1 aromatic carbocycles. The minimum Gasteiger partial charge on any atom is -0.491 e. The molecule has 0 spiro atoms. The zero-order chi connectivity index (χ0) is 15.0. The Hall–Kier alpha value is -1.39. The lowest BCUT2D eigenvalue weighted by Crippen LogP contribution is -2.38. The van der Waals surface area contributed by atoms with Crippen LogP contribution in [0.4, 0.5) is 0 Å². The van der Waals surface area contributed by atoms with Gasteiger partial charge in [0.15, 0.2) is 5.78 Å². The minimum absolute atomic E-state index is 0.0284. The van der Waals surface area contributed by atoms with Gasteiger partial charge in [0.2, 0.25) is 0 Å². The molecule has 0 N–H and O–H groups in total. The van der Waals surface area contributed by atoms with Crippen LogP contribution in [-0.4, -0.2) is 50.1 Å². The van der Waals surface area contributed by atoms with Crippen LogP contribution in [0.5, 0.6) is 5.75 Å². The van der Waals surface area contributed by atoms with E-state index in [2.05, 4.69) is 18.7 Å². The molecule has 0 heterocycles. The van der Waals surface area contributed by atoms with Crippen molar-refractivity contribution in [1.29, 1.82) is 0 Å². The molecule has 0 aliphatic rings. The Labute approximate surface area is 121 Å². The molecular weight excluding hydrogens is 254 g/mol. The van der Waals surface area contributed by atoms with Crippen LogP contribution in [0.15, 0.2) is 24.3 Å². The van der Waals surface area contributed by atoms with Gasteiger partial charge in [0, 0.05) is 19.7 Å². The highest BCUT2D eigenvalue weighted by atomic mass is 16.5. The maximum Gasteiger partial charge on any atom is 0.163 e. The Balaban J connectivity index is 2.53. The second-order valence-electron chi connectivity index (χ2n) is 4.83. The second-order valence-corrected chi connectivity index (χ2v) is 4.83. The topological polar surface area (TPSA) is 38.8 Å². The smallest absolute Gasteiger partial charge is 0.163 e. The van der Waals surface area contributed by atoms with Gasteiger partial charge in [0.25, 0.3) is 0 Å². The van der Waals surface area contributed by atoms with Gasteiger partial charge in [-0.1, -0.05) is 19.1 Å². The molecule has 0 radical (unpaired) electrons. The van der Waals surface area contributed by atoms with Gasteiger partial charge in [0.05, 0.1) is 12.2 Å². The number of hydrogen-bond donors (Lipinski definition) is 0. The molecule has 0 saturated heterocycles. The first-order chi connectivity index (χ1) is 9.60. The van der Waals surface area contributed by atoms with Crippen LogP contribution in [0.25, 0.3) is 0 Å². The molecule has 0 aliphatic heterocycles. The van der Waals surface area contributed by atoms with Crippen LogP contribution >= 0.6 is 0 Å². The van der Waals surface area contributed by atoms with Gasteiger partial charge in [-0.2, -0.15) is 0 Å². The summed E-state index contributed by atoms with van der Waals surface area (Å²) < 4.78 is 10.9. The number of nitrogens with zero attached hydrogens (tertiary/aromatic N) is 1. The fourth-order valence-corrected chi connectivity index (χ4v) is 2.19. The number of Topliss-reactive ketones (excluding diaryl/α,β-unsaturated/α-hetero) is 1. The van der Waals surface area contributed by atoms with E-state index in [1.165, 1.54) is 0 Å². The van der Waals surface area contributed by atoms with E-state index < -0.39 is 0 Å². The number of methoxy groups -OCH3 is 1. The van der Waals surface area contributed by atoms with Crippen molar-refractivity contribution in [3.05, 3.63) is 29.8 Å². The largest absolute Gasteiger partial charge is 0.491 e. The summed E-state index contributed by atoms with van der Waals surface area (Å²) in [6.07, 6.45) is 0. The van der Waals surface area contributed by atoms with Crippen molar-refractivity contribution < 1.29 is 14.3 Å². The molecule has 0 aromatic heterocycles. The molecule has 1 aromatic rings.